The van der Waals surface area contributed by atoms with E-state index in [0.717, 1.165) is 30.9 Å². The van der Waals surface area contributed by atoms with Crippen molar-refractivity contribution in [3.8, 4) is 0 Å². The van der Waals surface area contributed by atoms with Crippen LogP contribution >= 0.6 is 0 Å². The first kappa shape index (κ1) is 13.4. The molecule has 0 N–H and O–H groups in total. The summed E-state index contributed by atoms with van der Waals surface area (Å²) in [7, 11) is 1.44. The van der Waals surface area contributed by atoms with Gasteiger partial charge in [-0.2, -0.15) is 0 Å². The molecule has 2 aliphatic rings. The van der Waals surface area contributed by atoms with Gasteiger partial charge in [0, 0.05) is 31.4 Å². The van der Waals surface area contributed by atoms with E-state index in [2.05, 4.69) is 15.9 Å². The lowest BCUT2D eigenvalue weighted by molar-refractivity contribution is 0.0600. The molecule has 4 nitrogen and oxygen atoms in total. The number of rotatable bonds is 2. The van der Waals surface area contributed by atoms with Crippen molar-refractivity contribution in [3.63, 3.8) is 0 Å². The molecular weight excluding hydrogens is 252 g/mol. The molecule has 2 fully saturated rings. The van der Waals surface area contributed by atoms with Gasteiger partial charge in [0.1, 0.15) is 0 Å². The first-order valence-electron chi connectivity index (χ1n) is 7.37. The van der Waals surface area contributed by atoms with Gasteiger partial charge in [-0.05, 0) is 44.0 Å². The number of esters is 1. The second kappa shape index (κ2) is 5.44. The number of piperazine rings is 1. The molecule has 0 saturated carbocycles. The van der Waals surface area contributed by atoms with Crippen molar-refractivity contribution in [2.24, 2.45) is 0 Å². The van der Waals surface area contributed by atoms with Gasteiger partial charge in [-0.25, -0.2) is 4.79 Å². The molecule has 0 bridgehead atoms. The van der Waals surface area contributed by atoms with Gasteiger partial charge < -0.3 is 9.64 Å². The van der Waals surface area contributed by atoms with Crippen LogP contribution in [0.4, 0.5) is 5.69 Å². The number of hydrogen-bond donors (Lipinski definition) is 0. The minimum absolute atomic E-state index is 0.246. The Hall–Kier alpha value is -1.55. The second-order valence-electron chi connectivity index (χ2n) is 5.77. The first-order chi connectivity index (χ1) is 9.69. The summed E-state index contributed by atoms with van der Waals surface area (Å²) in [6.07, 6.45) is 2.62. The van der Waals surface area contributed by atoms with Crippen LogP contribution in [-0.4, -0.2) is 50.2 Å². The molecule has 108 valence electrons. The summed E-state index contributed by atoms with van der Waals surface area (Å²) in [6, 6.07) is 6.80. The SMILES string of the molecule is COC(=O)c1cc(N2CCN3CCCC3C2)ccc1C. The maximum absolute atomic E-state index is 11.8. The third-order valence-corrected chi connectivity index (χ3v) is 4.58. The van der Waals surface area contributed by atoms with Gasteiger partial charge in [0.05, 0.1) is 12.7 Å². The van der Waals surface area contributed by atoms with Crippen molar-refractivity contribution in [1.82, 2.24) is 4.90 Å². The van der Waals surface area contributed by atoms with Crippen LogP contribution in [0.5, 0.6) is 0 Å². The van der Waals surface area contributed by atoms with Gasteiger partial charge in [0.15, 0.2) is 0 Å². The molecule has 1 aromatic carbocycles. The number of methoxy groups -OCH3 is 1. The fourth-order valence-corrected chi connectivity index (χ4v) is 3.36. The standard InChI is InChI=1S/C16H22N2O2/c1-12-5-6-13(10-15(12)16(19)20-2)18-9-8-17-7-3-4-14(17)11-18/h5-6,10,14H,3-4,7-9,11H2,1-2H3. The summed E-state index contributed by atoms with van der Waals surface area (Å²) in [5.74, 6) is -0.246. The summed E-state index contributed by atoms with van der Waals surface area (Å²) in [4.78, 5) is 16.8. The Labute approximate surface area is 120 Å². The van der Waals surface area contributed by atoms with Gasteiger partial charge in [-0.1, -0.05) is 6.07 Å². The average Bonchev–Trinajstić information content (AvgIpc) is 2.94. The lowest BCUT2D eigenvalue weighted by atomic mass is 10.1. The van der Waals surface area contributed by atoms with Crippen molar-refractivity contribution in [2.45, 2.75) is 25.8 Å². The van der Waals surface area contributed by atoms with Gasteiger partial charge in [-0.15, -0.1) is 0 Å². The quantitative estimate of drug-likeness (QED) is 0.773. The number of nitrogens with zero attached hydrogens (tertiary/aromatic N) is 2. The van der Waals surface area contributed by atoms with Gasteiger partial charge in [0.25, 0.3) is 0 Å². The van der Waals surface area contributed by atoms with E-state index in [1.807, 2.05) is 19.1 Å². The summed E-state index contributed by atoms with van der Waals surface area (Å²) < 4.78 is 4.86. The number of carbonyl (C=O) groups is 1. The number of hydrogen-bond acceptors (Lipinski definition) is 4. The summed E-state index contributed by atoms with van der Waals surface area (Å²) in [6.45, 7) is 6.45. The molecular formula is C16H22N2O2. The lowest BCUT2D eigenvalue weighted by Crippen LogP contribution is -2.50. The fraction of sp³-hybridized carbons (Fsp3) is 0.562. The molecule has 20 heavy (non-hydrogen) atoms. The zero-order valence-corrected chi connectivity index (χ0v) is 12.3. The van der Waals surface area contributed by atoms with E-state index in [4.69, 9.17) is 4.74 Å². The highest BCUT2D eigenvalue weighted by molar-refractivity contribution is 5.92. The van der Waals surface area contributed by atoms with Crippen LogP contribution in [0.25, 0.3) is 0 Å². The minimum atomic E-state index is -0.246. The third kappa shape index (κ3) is 2.40. The van der Waals surface area contributed by atoms with Crippen LogP contribution in [0.3, 0.4) is 0 Å². The molecule has 0 radical (unpaired) electrons. The molecule has 2 heterocycles. The maximum atomic E-state index is 11.8. The van der Waals surface area contributed by atoms with Crippen LogP contribution in [0.15, 0.2) is 18.2 Å². The summed E-state index contributed by atoms with van der Waals surface area (Å²) in [5, 5.41) is 0. The van der Waals surface area contributed by atoms with Crippen LogP contribution in [-0.2, 0) is 4.74 Å². The molecule has 0 aromatic heterocycles. The molecule has 4 heteroatoms. The number of benzene rings is 1. The Morgan fingerprint density at radius 3 is 2.95 bits per heavy atom. The Morgan fingerprint density at radius 2 is 2.15 bits per heavy atom. The average molecular weight is 274 g/mol. The van der Waals surface area contributed by atoms with E-state index in [0.29, 0.717) is 11.6 Å². The monoisotopic (exact) mass is 274 g/mol. The number of ether oxygens (including phenoxy) is 1. The van der Waals surface area contributed by atoms with Crippen molar-refractivity contribution < 1.29 is 9.53 Å². The normalized spacial score (nSPS) is 22.7. The fourth-order valence-electron chi connectivity index (χ4n) is 3.36. The summed E-state index contributed by atoms with van der Waals surface area (Å²) >= 11 is 0. The molecule has 0 amide bonds. The van der Waals surface area contributed by atoms with E-state index < -0.39 is 0 Å². The van der Waals surface area contributed by atoms with E-state index in [1.54, 1.807) is 0 Å². The molecule has 1 aromatic rings. The molecule has 1 unspecified atom stereocenters. The zero-order chi connectivity index (χ0) is 14.1. The lowest BCUT2D eigenvalue weighted by Gasteiger charge is -2.39. The van der Waals surface area contributed by atoms with Crippen molar-refractivity contribution in [3.05, 3.63) is 29.3 Å². The molecule has 1 atom stereocenters. The van der Waals surface area contributed by atoms with Crippen molar-refractivity contribution >= 4 is 11.7 Å². The van der Waals surface area contributed by atoms with Crippen LogP contribution in [0, 0.1) is 6.92 Å². The zero-order valence-electron chi connectivity index (χ0n) is 12.3. The molecule has 3 rings (SSSR count). The van der Waals surface area contributed by atoms with E-state index in [9.17, 15) is 4.79 Å². The highest BCUT2D eigenvalue weighted by atomic mass is 16.5. The Balaban J connectivity index is 1.81. The topological polar surface area (TPSA) is 32.8 Å². The number of aryl methyl sites for hydroxylation is 1. The highest BCUT2D eigenvalue weighted by Gasteiger charge is 2.30. The van der Waals surface area contributed by atoms with E-state index in [1.165, 1.54) is 26.5 Å². The van der Waals surface area contributed by atoms with Crippen molar-refractivity contribution in [2.75, 3.05) is 38.2 Å². The smallest absolute Gasteiger partial charge is 0.338 e. The van der Waals surface area contributed by atoms with Crippen LogP contribution in [0.1, 0.15) is 28.8 Å². The Morgan fingerprint density at radius 1 is 1.30 bits per heavy atom. The molecule has 2 aliphatic heterocycles. The molecule has 2 saturated heterocycles. The molecule has 0 aliphatic carbocycles. The Bertz CT molecular complexity index is 515. The predicted molar refractivity (Wildman–Crippen MR) is 79.3 cm³/mol. The van der Waals surface area contributed by atoms with Crippen molar-refractivity contribution in [1.29, 1.82) is 0 Å². The van der Waals surface area contributed by atoms with Gasteiger partial charge in [-0.3, -0.25) is 4.90 Å². The van der Waals surface area contributed by atoms with Crippen LogP contribution < -0.4 is 4.90 Å². The third-order valence-electron chi connectivity index (χ3n) is 4.58. The number of carbonyl (C=O) groups excluding carboxylic acids is 1. The maximum Gasteiger partial charge on any atom is 0.338 e. The summed E-state index contributed by atoms with van der Waals surface area (Å²) in [5.41, 5.74) is 2.79. The Kier molecular flexibility index (Phi) is 3.66. The van der Waals surface area contributed by atoms with Crippen LogP contribution in [0.2, 0.25) is 0 Å². The number of fused-ring (bicyclic) bond motifs is 1. The van der Waals surface area contributed by atoms with E-state index >= 15 is 0 Å². The largest absolute Gasteiger partial charge is 0.465 e. The minimum Gasteiger partial charge on any atom is -0.465 e. The van der Waals surface area contributed by atoms with Gasteiger partial charge in [0.2, 0.25) is 0 Å². The molecule has 0 spiro atoms. The van der Waals surface area contributed by atoms with Gasteiger partial charge >= 0.3 is 5.97 Å². The first-order valence-corrected chi connectivity index (χ1v) is 7.37. The van der Waals surface area contributed by atoms with E-state index in [-0.39, 0.29) is 5.97 Å². The second-order valence-corrected chi connectivity index (χ2v) is 5.77. The predicted octanol–water partition coefficient (Wildman–Crippen LogP) is 2.07. The number of anilines is 1. The highest BCUT2D eigenvalue weighted by Crippen LogP contribution is 2.27.